The fraction of sp³-hybridized carbons (Fsp3) is 0.391. The molecular weight excluding hydrogens is 448 g/mol. The van der Waals surface area contributed by atoms with Crippen molar-refractivity contribution in [3.8, 4) is 28.7 Å². The number of benzene rings is 2. The number of cyclic esters (lactones) is 1. The first-order valence-electron chi connectivity index (χ1n) is 10.4. The Hall–Kier alpha value is -3.27. The predicted molar refractivity (Wildman–Crippen MR) is 121 cm³/mol. The zero-order chi connectivity index (χ0) is 23.3. The molecule has 1 aliphatic carbocycles. The molecule has 33 heavy (non-hydrogen) atoms. The lowest BCUT2D eigenvalue weighted by Gasteiger charge is -2.38. The third kappa shape index (κ3) is 3.40. The second kappa shape index (κ2) is 8.26. The summed E-state index contributed by atoms with van der Waals surface area (Å²) in [6.45, 7) is 0.385. The summed E-state index contributed by atoms with van der Waals surface area (Å²) >= 11 is 1.22. The lowest BCUT2D eigenvalue weighted by molar-refractivity contribution is -0.141. The van der Waals surface area contributed by atoms with Crippen molar-refractivity contribution in [2.24, 2.45) is 17.6 Å². The molecule has 2 aromatic carbocycles. The number of ether oxygens (including phenoxy) is 6. The van der Waals surface area contributed by atoms with E-state index in [9.17, 15) is 4.79 Å². The van der Waals surface area contributed by atoms with E-state index in [1.807, 2.05) is 24.3 Å². The summed E-state index contributed by atoms with van der Waals surface area (Å²) in [5.41, 5.74) is 8.44. The molecule has 0 bridgehead atoms. The molecule has 3 aliphatic rings. The Balaban J connectivity index is 1.75. The number of methoxy groups -OCH3 is 3. The SMILES string of the molecule is COc1cc([C@H]2c3cc4c(cc3[C@H](SC(=N)N)[C@H]3COC(=O)[C@H]23)OCO4)cc(OC)c1OC. The first kappa shape index (κ1) is 21.6. The Kier molecular flexibility index (Phi) is 5.40. The normalized spacial score (nSPS) is 24.5. The number of carbonyl (C=O) groups excluding carboxylic acids is 1. The minimum Gasteiger partial charge on any atom is -0.493 e. The topological polar surface area (TPSA) is 122 Å². The fourth-order valence-corrected chi connectivity index (χ4v) is 6.11. The van der Waals surface area contributed by atoms with Crippen LogP contribution in [0.3, 0.4) is 0 Å². The van der Waals surface area contributed by atoms with Crippen LogP contribution >= 0.6 is 11.8 Å². The van der Waals surface area contributed by atoms with E-state index in [-0.39, 0.29) is 41.6 Å². The standard InChI is InChI=1S/C23H24N2O7S/c1-27-16-4-10(5-17(28-2)20(16)29-3)18-11-6-14-15(32-9-31-14)7-12(11)21(33-23(24)25)13-8-30-22(26)19(13)18/h4-7,13,18-19,21H,8-9H2,1-3H3,(H3,24,25)/t13-,18-,19-,21-/m0/s1. The maximum absolute atomic E-state index is 13.0. The van der Waals surface area contributed by atoms with Gasteiger partial charge in [-0.25, -0.2) is 0 Å². The van der Waals surface area contributed by atoms with Gasteiger partial charge >= 0.3 is 5.97 Å². The number of esters is 1. The number of rotatable bonds is 5. The molecule has 5 rings (SSSR count). The molecule has 0 spiro atoms. The van der Waals surface area contributed by atoms with Gasteiger partial charge in [-0.3, -0.25) is 10.2 Å². The lowest BCUT2D eigenvalue weighted by Crippen LogP contribution is -2.34. The van der Waals surface area contributed by atoms with Crippen molar-refractivity contribution in [1.82, 2.24) is 0 Å². The van der Waals surface area contributed by atoms with Crippen LogP contribution in [0, 0.1) is 17.2 Å². The summed E-state index contributed by atoms with van der Waals surface area (Å²) in [5.74, 6) is 1.43. The minimum absolute atomic E-state index is 0.0204. The van der Waals surface area contributed by atoms with E-state index in [2.05, 4.69) is 0 Å². The van der Waals surface area contributed by atoms with E-state index in [0.29, 0.717) is 28.7 Å². The van der Waals surface area contributed by atoms with Crippen LogP contribution in [0.15, 0.2) is 24.3 Å². The van der Waals surface area contributed by atoms with Crippen molar-refractivity contribution in [2.75, 3.05) is 34.7 Å². The van der Waals surface area contributed by atoms with Crippen LogP contribution in [0.25, 0.3) is 0 Å². The van der Waals surface area contributed by atoms with Crippen LogP contribution in [0.5, 0.6) is 28.7 Å². The zero-order valence-corrected chi connectivity index (χ0v) is 19.2. The molecule has 10 heteroatoms. The number of nitrogens with one attached hydrogen (secondary N) is 1. The quantitative estimate of drug-likeness (QED) is 0.384. The van der Waals surface area contributed by atoms with Gasteiger partial charge in [0.1, 0.15) is 0 Å². The third-order valence-electron chi connectivity index (χ3n) is 6.42. The van der Waals surface area contributed by atoms with Crippen LogP contribution in [0.1, 0.15) is 27.9 Å². The fourth-order valence-electron chi connectivity index (χ4n) is 5.08. The number of hydrogen-bond acceptors (Lipinski definition) is 9. The first-order valence-corrected chi connectivity index (χ1v) is 11.3. The Labute approximate surface area is 194 Å². The zero-order valence-electron chi connectivity index (χ0n) is 18.4. The smallest absolute Gasteiger partial charge is 0.310 e. The molecule has 174 valence electrons. The number of carbonyl (C=O) groups is 1. The number of fused-ring (bicyclic) bond motifs is 3. The molecule has 0 aromatic heterocycles. The predicted octanol–water partition coefficient (Wildman–Crippen LogP) is 3.04. The highest BCUT2D eigenvalue weighted by molar-refractivity contribution is 8.13. The molecular formula is C23H24N2O7S. The van der Waals surface area contributed by atoms with Gasteiger partial charge in [0.2, 0.25) is 12.5 Å². The van der Waals surface area contributed by atoms with Crippen LogP contribution < -0.4 is 29.4 Å². The monoisotopic (exact) mass is 472 g/mol. The second-order valence-electron chi connectivity index (χ2n) is 7.99. The van der Waals surface area contributed by atoms with Gasteiger partial charge in [0.15, 0.2) is 28.2 Å². The molecule has 9 nitrogen and oxygen atoms in total. The summed E-state index contributed by atoms with van der Waals surface area (Å²) in [6, 6.07) is 7.58. The molecule has 4 atom stereocenters. The largest absolute Gasteiger partial charge is 0.493 e. The van der Waals surface area contributed by atoms with E-state index in [4.69, 9.17) is 39.6 Å². The molecule has 1 fully saturated rings. The Morgan fingerprint density at radius 3 is 2.21 bits per heavy atom. The van der Waals surface area contributed by atoms with Gasteiger partial charge in [-0.1, -0.05) is 11.8 Å². The van der Waals surface area contributed by atoms with Crippen LogP contribution in [-0.2, 0) is 9.53 Å². The third-order valence-corrected chi connectivity index (χ3v) is 7.53. The molecule has 3 N–H and O–H groups in total. The van der Waals surface area contributed by atoms with E-state index in [1.54, 1.807) is 21.3 Å². The molecule has 2 heterocycles. The van der Waals surface area contributed by atoms with Crippen molar-refractivity contribution in [1.29, 1.82) is 5.41 Å². The molecule has 0 unspecified atom stereocenters. The lowest BCUT2D eigenvalue weighted by atomic mass is 9.67. The number of thioether (sulfide) groups is 1. The van der Waals surface area contributed by atoms with Crippen LogP contribution in [0.4, 0.5) is 0 Å². The molecule has 2 aliphatic heterocycles. The molecule has 2 aromatic rings. The van der Waals surface area contributed by atoms with Crippen molar-refractivity contribution in [3.63, 3.8) is 0 Å². The van der Waals surface area contributed by atoms with Gasteiger partial charge in [-0.2, -0.15) is 0 Å². The van der Waals surface area contributed by atoms with E-state index in [1.165, 1.54) is 11.8 Å². The molecule has 0 amide bonds. The van der Waals surface area contributed by atoms with Gasteiger partial charge in [0.05, 0.1) is 33.9 Å². The molecule has 1 saturated heterocycles. The number of hydrogen-bond donors (Lipinski definition) is 2. The van der Waals surface area contributed by atoms with Crippen LogP contribution in [0.2, 0.25) is 0 Å². The summed E-state index contributed by atoms with van der Waals surface area (Å²) in [5, 5.41) is 7.65. The summed E-state index contributed by atoms with van der Waals surface area (Å²) in [4.78, 5) is 13.0. The van der Waals surface area contributed by atoms with Gasteiger partial charge in [-0.15, -0.1) is 0 Å². The highest BCUT2D eigenvalue weighted by Gasteiger charge is 2.53. The first-order chi connectivity index (χ1) is 16.0. The second-order valence-corrected chi connectivity index (χ2v) is 9.18. The van der Waals surface area contributed by atoms with Gasteiger partial charge in [0.25, 0.3) is 0 Å². The minimum atomic E-state index is -0.475. The Bertz CT molecular complexity index is 1110. The van der Waals surface area contributed by atoms with E-state index < -0.39 is 5.92 Å². The van der Waals surface area contributed by atoms with Crippen molar-refractivity contribution in [2.45, 2.75) is 11.2 Å². The summed E-state index contributed by atoms with van der Waals surface area (Å²) in [7, 11) is 4.66. The average Bonchev–Trinajstić information content (AvgIpc) is 3.43. The van der Waals surface area contributed by atoms with E-state index in [0.717, 1.165) is 16.7 Å². The maximum atomic E-state index is 13.0. The van der Waals surface area contributed by atoms with Crippen molar-refractivity contribution < 1.29 is 33.2 Å². The van der Waals surface area contributed by atoms with Gasteiger partial charge < -0.3 is 34.2 Å². The maximum Gasteiger partial charge on any atom is 0.310 e. The summed E-state index contributed by atoms with van der Waals surface area (Å²) < 4.78 is 33.4. The van der Waals surface area contributed by atoms with Crippen molar-refractivity contribution >= 4 is 22.9 Å². The van der Waals surface area contributed by atoms with Crippen molar-refractivity contribution in [3.05, 3.63) is 41.0 Å². The van der Waals surface area contributed by atoms with Gasteiger partial charge in [-0.05, 0) is 41.0 Å². The van der Waals surface area contributed by atoms with Crippen LogP contribution in [-0.4, -0.2) is 45.9 Å². The number of amidine groups is 1. The summed E-state index contributed by atoms with van der Waals surface area (Å²) in [6.07, 6.45) is 0. The Morgan fingerprint density at radius 2 is 1.64 bits per heavy atom. The molecule has 0 radical (unpaired) electrons. The molecule has 0 saturated carbocycles. The van der Waals surface area contributed by atoms with Gasteiger partial charge in [0, 0.05) is 17.1 Å². The highest BCUT2D eigenvalue weighted by Crippen LogP contribution is 2.58. The number of nitrogens with two attached hydrogens (primary N) is 1. The highest BCUT2D eigenvalue weighted by atomic mass is 32.2. The van der Waals surface area contributed by atoms with E-state index >= 15 is 0 Å². The Morgan fingerprint density at radius 1 is 1.00 bits per heavy atom. The average molecular weight is 473 g/mol.